The number of ether oxygens (including phenoxy) is 5. The van der Waals surface area contributed by atoms with Gasteiger partial charge in [-0.25, -0.2) is 9.78 Å². The van der Waals surface area contributed by atoms with E-state index in [2.05, 4.69) is 4.98 Å². The van der Waals surface area contributed by atoms with E-state index in [0.717, 1.165) is 22.3 Å². The number of rotatable bonds is 11. The van der Waals surface area contributed by atoms with Crippen LogP contribution in [0.2, 0.25) is 0 Å². The summed E-state index contributed by atoms with van der Waals surface area (Å²) < 4.78 is 32.5. The molecule has 1 aromatic heterocycles. The van der Waals surface area contributed by atoms with E-state index in [-0.39, 0.29) is 25.7 Å². The van der Waals surface area contributed by atoms with Gasteiger partial charge in [-0.3, -0.25) is 0 Å². The summed E-state index contributed by atoms with van der Waals surface area (Å²) in [7, 11) is 4.43. The summed E-state index contributed by atoms with van der Waals surface area (Å²) in [6, 6.07) is 11.7. The second kappa shape index (κ2) is 11.3. The van der Waals surface area contributed by atoms with E-state index < -0.39 is 5.97 Å². The van der Waals surface area contributed by atoms with E-state index in [4.69, 9.17) is 28.1 Å². The Labute approximate surface area is 187 Å². The lowest BCUT2D eigenvalue weighted by molar-refractivity contribution is 0.0457. The molecule has 0 unspecified atom stereocenters. The van der Waals surface area contributed by atoms with Crippen molar-refractivity contribution in [2.45, 2.75) is 19.8 Å². The number of esters is 1. The number of hydrogen-bond donors (Lipinski definition) is 0. The summed E-state index contributed by atoms with van der Waals surface area (Å²) in [6.45, 7) is 2.17. The van der Waals surface area contributed by atoms with Gasteiger partial charge in [-0.15, -0.1) is 0 Å². The maximum atomic E-state index is 12.2. The highest BCUT2D eigenvalue weighted by atomic mass is 16.7. The Morgan fingerprint density at radius 3 is 2.28 bits per heavy atom. The van der Waals surface area contributed by atoms with Crippen LogP contribution in [0.4, 0.5) is 0 Å². The molecule has 2 aromatic carbocycles. The molecular weight excluding hydrogens is 414 g/mol. The number of oxazole rings is 1. The predicted molar refractivity (Wildman–Crippen MR) is 117 cm³/mol. The lowest BCUT2D eigenvalue weighted by Crippen LogP contribution is -2.10. The minimum Gasteiger partial charge on any atom is -0.467 e. The quantitative estimate of drug-likeness (QED) is 0.322. The topological polar surface area (TPSA) is 89.3 Å². The maximum absolute atomic E-state index is 12.2. The van der Waals surface area contributed by atoms with Gasteiger partial charge in [-0.1, -0.05) is 37.3 Å². The Kier molecular flexibility index (Phi) is 8.24. The average Bonchev–Trinajstić information content (AvgIpc) is 3.29. The van der Waals surface area contributed by atoms with Crippen LogP contribution in [0.1, 0.15) is 34.3 Å². The molecule has 0 fully saturated rings. The van der Waals surface area contributed by atoms with Crippen molar-refractivity contribution >= 4 is 5.97 Å². The Balaban J connectivity index is 2.25. The largest absolute Gasteiger partial charge is 0.467 e. The molecule has 0 aliphatic rings. The molecule has 0 aliphatic heterocycles. The lowest BCUT2D eigenvalue weighted by atomic mass is 9.89. The molecular formula is C24H27NO7. The number of aromatic nitrogens is 1. The van der Waals surface area contributed by atoms with Crippen LogP contribution < -0.4 is 9.47 Å². The first-order valence-electron chi connectivity index (χ1n) is 10.1. The smallest absolute Gasteiger partial charge is 0.360 e. The van der Waals surface area contributed by atoms with Gasteiger partial charge in [0.1, 0.15) is 17.3 Å². The van der Waals surface area contributed by atoms with Gasteiger partial charge in [-0.2, -0.15) is 0 Å². The van der Waals surface area contributed by atoms with Crippen LogP contribution in [0.3, 0.4) is 0 Å². The zero-order valence-corrected chi connectivity index (χ0v) is 18.7. The van der Waals surface area contributed by atoms with Crippen molar-refractivity contribution in [3.05, 3.63) is 65.4 Å². The van der Waals surface area contributed by atoms with E-state index in [9.17, 15) is 4.79 Å². The predicted octanol–water partition coefficient (Wildman–Crippen LogP) is 4.25. The van der Waals surface area contributed by atoms with E-state index in [0.29, 0.717) is 23.7 Å². The molecule has 0 amide bonds. The Morgan fingerprint density at radius 1 is 0.969 bits per heavy atom. The van der Waals surface area contributed by atoms with E-state index in [1.54, 1.807) is 14.2 Å². The van der Waals surface area contributed by atoms with Crippen molar-refractivity contribution in [2.75, 3.05) is 34.9 Å². The van der Waals surface area contributed by atoms with Crippen molar-refractivity contribution in [3.63, 3.8) is 0 Å². The third-order valence-electron chi connectivity index (χ3n) is 4.91. The van der Waals surface area contributed by atoms with Crippen LogP contribution in [0.15, 0.2) is 47.2 Å². The fourth-order valence-electron chi connectivity index (χ4n) is 3.54. The molecule has 0 spiro atoms. The minimum absolute atomic E-state index is 0.0597. The fourth-order valence-corrected chi connectivity index (χ4v) is 3.54. The Bertz CT molecular complexity index is 1030. The summed E-state index contributed by atoms with van der Waals surface area (Å²) in [4.78, 5) is 16.2. The van der Waals surface area contributed by atoms with Crippen molar-refractivity contribution in [1.82, 2.24) is 4.98 Å². The first-order valence-corrected chi connectivity index (χ1v) is 10.1. The highest BCUT2D eigenvalue weighted by Gasteiger charge is 2.25. The van der Waals surface area contributed by atoms with Crippen LogP contribution in [0.5, 0.6) is 11.5 Å². The monoisotopic (exact) mass is 441 g/mol. The summed E-state index contributed by atoms with van der Waals surface area (Å²) in [6.07, 6.45) is 2.19. The van der Waals surface area contributed by atoms with Gasteiger partial charge in [0.15, 0.2) is 25.7 Å². The third kappa shape index (κ3) is 5.09. The highest BCUT2D eigenvalue weighted by molar-refractivity contribution is 5.88. The number of methoxy groups -OCH3 is 3. The highest BCUT2D eigenvalue weighted by Crippen LogP contribution is 2.42. The average molecular weight is 441 g/mol. The summed E-state index contributed by atoms with van der Waals surface area (Å²) in [5.41, 5.74) is 3.77. The van der Waals surface area contributed by atoms with E-state index in [1.807, 2.05) is 43.3 Å². The number of benzene rings is 2. The van der Waals surface area contributed by atoms with Crippen molar-refractivity contribution in [3.8, 4) is 22.6 Å². The van der Waals surface area contributed by atoms with Crippen molar-refractivity contribution in [1.29, 1.82) is 0 Å². The molecule has 0 atom stereocenters. The molecule has 3 rings (SSSR count). The second-order valence-electron chi connectivity index (χ2n) is 6.82. The van der Waals surface area contributed by atoms with Crippen LogP contribution in [-0.4, -0.2) is 45.9 Å². The molecule has 8 nitrogen and oxygen atoms in total. The molecule has 0 bridgehead atoms. The van der Waals surface area contributed by atoms with Crippen molar-refractivity contribution < 1.29 is 32.9 Å². The normalized spacial score (nSPS) is 10.8. The Hall–Kier alpha value is -3.36. The number of carbonyl (C=O) groups excluding carboxylic acids is 1. The van der Waals surface area contributed by atoms with Crippen LogP contribution in [-0.2, 0) is 27.1 Å². The number of carbonyl (C=O) groups is 1. The van der Waals surface area contributed by atoms with E-state index in [1.165, 1.54) is 13.5 Å². The van der Waals surface area contributed by atoms with Gasteiger partial charge in [0, 0.05) is 32.3 Å². The van der Waals surface area contributed by atoms with Gasteiger partial charge >= 0.3 is 5.97 Å². The molecule has 32 heavy (non-hydrogen) atoms. The molecule has 3 aromatic rings. The first kappa shape index (κ1) is 23.3. The van der Waals surface area contributed by atoms with Gasteiger partial charge in [-0.05, 0) is 23.1 Å². The molecule has 0 radical (unpaired) electrons. The van der Waals surface area contributed by atoms with Crippen molar-refractivity contribution in [2.24, 2.45) is 0 Å². The zero-order valence-electron chi connectivity index (χ0n) is 18.7. The summed E-state index contributed by atoms with van der Waals surface area (Å²) in [5, 5.41) is 0. The minimum atomic E-state index is -0.560. The number of hydrogen-bond acceptors (Lipinski definition) is 8. The molecule has 0 saturated carbocycles. The molecule has 1 heterocycles. The SMILES string of the molecule is CCc1c(OCOC)cc(OCOC)c(-c2ccccc2)c1Cc1ocnc1C(=O)OC. The molecule has 170 valence electrons. The third-order valence-corrected chi connectivity index (χ3v) is 4.91. The van der Waals surface area contributed by atoms with E-state index >= 15 is 0 Å². The second-order valence-corrected chi connectivity index (χ2v) is 6.82. The van der Waals surface area contributed by atoms with Crippen LogP contribution in [0.25, 0.3) is 11.1 Å². The maximum Gasteiger partial charge on any atom is 0.360 e. The van der Waals surface area contributed by atoms with Gasteiger partial charge in [0.2, 0.25) is 0 Å². The summed E-state index contributed by atoms with van der Waals surface area (Å²) in [5.74, 6) is 1.03. The zero-order chi connectivity index (χ0) is 22.9. The van der Waals surface area contributed by atoms with Crippen LogP contribution >= 0.6 is 0 Å². The molecule has 0 N–H and O–H groups in total. The van der Waals surface area contributed by atoms with Gasteiger partial charge in [0.05, 0.1) is 7.11 Å². The molecule has 8 heteroatoms. The lowest BCUT2D eigenvalue weighted by Gasteiger charge is -2.22. The Morgan fingerprint density at radius 2 is 1.66 bits per heavy atom. The number of nitrogens with zero attached hydrogens (tertiary/aromatic N) is 1. The molecule has 0 aliphatic carbocycles. The summed E-state index contributed by atoms with van der Waals surface area (Å²) >= 11 is 0. The molecule has 0 saturated heterocycles. The van der Waals surface area contributed by atoms with Gasteiger partial charge in [0.25, 0.3) is 0 Å². The standard InChI is InChI=1S/C24H27NO7/c1-5-17-18(11-21-23(24(26)29-4)25-13-30-21)22(16-9-7-6-8-10-16)20(32-15-28-3)12-19(17)31-14-27-2/h6-10,12-13H,5,11,14-15H2,1-4H3. The van der Waals surface area contributed by atoms with Crippen LogP contribution in [0, 0.1) is 0 Å². The van der Waals surface area contributed by atoms with Gasteiger partial charge < -0.3 is 28.1 Å². The first-order chi connectivity index (χ1) is 15.6. The fraction of sp³-hybridized carbons (Fsp3) is 0.333.